The van der Waals surface area contributed by atoms with Crippen LogP contribution in [0.5, 0.6) is 5.75 Å². The lowest BCUT2D eigenvalue weighted by molar-refractivity contribution is -0.274. The van der Waals surface area contributed by atoms with Gasteiger partial charge in [0.25, 0.3) is 0 Å². The van der Waals surface area contributed by atoms with Crippen molar-refractivity contribution in [2.75, 3.05) is 0 Å². The number of alkyl halides is 3. The summed E-state index contributed by atoms with van der Waals surface area (Å²) in [7, 11) is 0. The summed E-state index contributed by atoms with van der Waals surface area (Å²) < 4.78 is 51.2. The van der Waals surface area contributed by atoms with Gasteiger partial charge < -0.3 is 4.74 Å². The molecule has 0 saturated heterocycles. The summed E-state index contributed by atoms with van der Waals surface area (Å²) in [6.07, 6.45) is -3.82. The quantitative estimate of drug-likeness (QED) is 0.551. The molecule has 1 aromatic heterocycles. The molecule has 0 atom stereocenters. The maximum absolute atomic E-state index is 12.7. The molecular weight excluding hydrogens is 206 g/mol. The minimum atomic E-state index is -4.98. The number of nitrogens with zero attached hydrogens (tertiary/aromatic N) is 1. The minimum absolute atomic E-state index is 0.0713. The molecule has 0 radical (unpaired) electrons. The lowest BCUT2D eigenvalue weighted by Crippen LogP contribution is -2.18. The Labute approximate surface area is 75.3 Å². The fourth-order valence-electron chi connectivity index (χ4n) is 0.748. The van der Waals surface area contributed by atoms with Crippen LogP contribution in [-0.4, -0.2) is 17.6 Å². The first-order valence-corrected chi connectivity index (χ1v) is 3.28. The fourth-order valence-corrected chi connectivity index (χ4v) is 0.748. The Morgan fingerprint density at radius 3 is 2.50 bits per heavy atom. The molecule has 0 bridgehead atoms. The second-order valence-corrected chi connectivity index (χ2v) is 2.20. The predicted molar refractivity (Wildman–Crippen MR) is 36.3 cm³/mol. The fraction of sp³-hybridized carbons (Fsp3) is 0.143. The highest BCUT2D eigenvalue weighted by Crippen LogP contribution is 2.25. The number of ether oxygens (including phenoxy) is 1. The van der Waals surface area contributed by atoms with E-state index in [0.29, 0.717) is 12.4 Å². The van der Waals surface area contributed by atoms with Crippen LogP contribution in [0.3, 0.4) is 0 Å². The third-order valence-corrected chi connectivity index (χ3v) is 1.25. The molecule has 0 fully saturated rings. The van der Waals surface area contributed by atoms with Crippen LogP contribution < -0.4 is 4.74 Å². The van der Waals surface area contributed by atoms with Gasteiger partial charge in [0.05, 0.1) is 18.0 Å². The monoisotopic (exact) mass is 209 g/mol. The first-order valence-electron chi connectivity index (χ1n) is 3.28. The predicted octanol–water partition coefficient (Wildman–Crippen LogP) is 1.93. The molecule has 0 N–H and O–H groups in total. The molecule has 14 heavy (non-hydrogen) atoms. The van der Waals surface area contributed by atoms with Crippen molar-refractivity contribution in [3.05, 3.63) is 23.8 Å². The molecule has 1 rings (SSSR count). The molecule has 3 nitrogen and oxygen atoms in total. The van der Waals surface area contributed by atoms with Gasteiger partial charge in [-0.15, -0.1) is 13.2 Å². The number of aromatic nitrogens is 1. The van der Waals surface area contributed by atoms with Crippen LogP contribution in [0.4, 0.5) is 17.6 Å². The molecule has 0 spiro atoms. The van der Waals surface area contributed by atoms with Crippen LogP contribution in [0.15, 0.2) is 12.4 Å². The molecule has 0 saturated carbocycles. The summed E-state index contributed by atoms with van der Waals surface area (Å²) in [5.74, 6) is -2.12. The zero-order valence-electron chi connectivity index (χ0n) is 6.51. The molecule has 0 unspecified atom stereocenters. The molecule has 0 aliphatic rings. The van der Waals surface area contributed by atoms with Crippen LogP contribution in [-0.2, 0) is 0 Å². The van der Waals surface area contributed by atoms with Gasteiger partial charge in [0, 0.05) is 0 Å². The van der Waals surface area contributed by atoms with Gasteiger partial charge in [-0.2, -0.15) is 0 Å². The first-order chi connectivity index (χ1) is 6.44. The van der Waals surface area contributed by atoms with Crippen LogP contribution in [0.2, 0.25) is 0 Å². The average molecular weight is 209 g/mol. The van der Waals surface area contributed by atoms with E-state index in [0.717, 1.165) is 0 Å². The van der Waals surface area contributed by atoms with E-state index in [4.69, 9.17) is 0 Å². The van der Waals surface area contributed by atoms with E-state index < -0.39 is 23.5 Å². The highest BCUT2D eigenvalue weighted by atomic mass is 19.4. The Morgan fingerprint density at radius 1 is 1.36 bits per heavy atom. The van der Waals surface area contributed by atoms with Gasteiger partial charge in [0.2, 0.25) is 0 Å². The van der Waals surface area contributed by atoms with Gasteiger partial charge in [-0.25, -0.2) is 4.39 Å². The summed E-state index contributed by atoms with van der Waals surface area (Å²) in [6.45, 7) is 0. The lowest BCUT2D eigenvalue weighted by Gasteiger charge is -2.09. The van der Waals surface area contributed by atoms with Gasteiger partial charge in [-0.05, 0) is 0 Å². The lowest BCUT2D eigenvalue weighted by atomic mass is 10.2. The Hall–Kier alpha value is -1.66. The minimum Gasteiger partial charge on any atom is -0.403 e. The SMILES string of the molecule is O=Cc1c(F)cncc1OC(F)(F)F. The molecule has 0 aliphatic carbocycles. The zero-order valence-corrected chi connectivity index (χ0v) is 6.51. The Bertz CT molecular complexity index is 350. The van der Waals surface area contributed by atoms with Gasteiger partial charge in [-0.3, -0.25) is 9.78 Å². The number of pyridine rings is 1. The molecule has 1 heterocycles. The summed E-state index contributed by atoms with van der Waals surface area (Å²) in [5, 5.41) is 0. The summed E-state index contributed by atoms with van der Waals surface area (Å²) in [4.78, 5) is 13.3. The van der Waals surface area contributed by atoms with E-state index in [2.05, 4.69) is 9.72 Å². The largest absolute Gasteiger partial charge is 0.573 e. The zero-order chi connectivity index (χ0) is 10.8. The summed E-state index contributed by atoms with van der Waals surface area (Å²) in [6, 6.07) is 0. The van der Waals surface area contributed by atoms with E-state index in [1.165, 1.54) is 0 Å². The van der Waals surface area contributed by atoms with E-state index in [1.807, 2.05) is 0 Å². The van der Waals surface area contributed by atoms with E-state index in [9.17, 15) is 22.4 Å². The number of hydrogen-bond acceptors (Lipinski definition) is 3. The van der Waals surface area contributed by atoms with Crippen LogP contribution in [0.25, 0.3) is 0 Å². The van der Waals surface area contributed by atoms with Crippen molar-refractivity contribution in [3.8, 4) is 5.75 Å². The first kappa shape index (κ1) is 10.4. The number of aldehydes is 1. The molecular formula is C7H3F4NO2. The second-order valence-electron chi connectivity index (χ2n) is 2.20. The maximum Gasteiger partial charge on any atom is 0.573 e. The van der Waals surface area contributed by atoms with Crippen molar-refractivity contribution in [1.29, 1.82) is 0 Å². The highest BCUT2D eigenvalue weighted by molar-refractivity contribution is 5.79. The summed E-state index contributed by atoms with van der Waals surface area (Å²) in [5.41, 5.74) is -0.808. The van der Waals surface area contributed by atoms with Crippen LogP contribution in [0.1, 0.15) is 10.4 Å². The third kappa shape index (κ3) is 2.41. The van der Waals surface area contributed by atoms with E-state index in [1.54, 1.807) is 0 Å². The molecule has 1 aromatic rings. The summed E-state index contributed by atoms with van der Waals surface area (Å²) >= 11 is 0. The molecule has 76 valence electrons. The van der Waals surface area contributed by atoms with Crippen molar-refractivity contribution in [2.45, 2.75) is 6.36 Å². The standard InChI is InChI=1S/C7H3F4NO2/c8-5-1-12-2-6(4(5)3-13)14-7(9,10)11/h1-3H. The number of carbonyl (C=O) groups excluding carboxylic acids is 1. The normalized spacial score (nSPS) is 11.1. The van der Waals surface area contributed by atoms with Crippen molar-refractivity contribution in [1.82, 2.24) is 4.98 Å². The Kier molecular flexibility index (Phi) is 2.68. The van der Waals surface area contributed by atoms with Gasteiger partial charge in [0.1, 0.15) is 0 Å². The Morgan fingerprint density at radius 2 is 2.00 bits per heavy atom. The second kappa shape index (κ2) is 3.60. The number of halogens is 4. The Balaban J connectivity index is 3.08. The van der Waals surface area contributed by atoms with Crippen LogP contribution in [0, 0.1) is 5.82 Å². The number of rotatable bonds is 2. The molecule has 0 amide bonds. The molecule has 0 aliphatic heterocycles. The van der Waals surface area contributed by atoms with E-state index in [-0.39, 0.29) is 6.29 Å². The van der Waals surface area contributed by atoms with Crippen molar-refractivity contribution in [3.63, 3.8) is 0 Å². The highest BCUT2D eigenvalue weighted by Gasteiger charge is 2.32. The molecule has 0 aromatic carbocycles. The van der Waals surface area contributed by atoms with Gasteiger partial charge in [0.15, 0.2) is 17.9 Å². The molecule has 7 heteroatoms. The third-order valence-electron chi connectivity index (χ3n) is 1.25. The number of hydrogen-bond donors (Lipinski definition) is 0. The van der Waals surface area contributed by atoms with Crippen molar-refractivity contribution < 1.29 is 27.1 Å². The maximum atomic E-state index is 12.7. The van der Waals surface area contributed by atoms with Gasteiger partial charge >= 0.3 is 6.36 Å². The van der Waals surface area contributed by atoms with Crippen molar-refractivity contribution >= 4 is 6.29 Å². The number of carbonyl (C=O) groups is 1. The van der Waals surface area contributed by atoms with Gasteiger partial charge in [-0.1, -0.05) is 0 Å². The van der Waals surface area contributed by atoms with Crippen LogP contribution >= 0.6 is 0 Å². The smallest absolute Gasteiger partial charge is 0.403 e. The topological polar surface area (TPSA) is 39.2 Å². The van der Waals surface area contributed by atoms with Crippen molar-refractivity contribution in [2.24, 2.45) is 0 Å². The average Bonchev–Trinajstić information content (AvgIpc) is 2.01. The van der Waals surface area contributed by atoms with E-state index >= 15 is 0 Å².